The first kappa shape index (κ1) is 18.3. The molecule has 1 unspecified atom stereocenters. The topological polar surface area (TPSA) is 82.1 Å². The lowest BCUT2D eigenvalue weighted by Gasteiger charge is -2.10. The molecule has 0 aliphatic heterocycles. The predicted octanol–water partition coefficient (Wildman–Crippen LogP) is 3.11. The van der Waals surface area contributed by atoms with Crippen molar-refractivity contribution in [3.63, 3.8) is 0 Å². The van der Waals surface area contributed by atoms with Crippen LogP contribution in [0.25, 0.3) is 5.69 Å². The summed E-state index contributed by atoms with van der Waals surface area (Å²) in [5.41, 5.74) is 2.36. The summed E-state index contributed by atoms with van der Waals surface area (Å²) in [6.45, 7) is 3.67. The third kappa shape index (κ3) is 4.17. The van der Waals surface area contributed by atoms with Crippen molar-refractivity contribution in [3.8, 4) is 11.6 Å². The molecule has 3 aromatic rings. The first-order valence-corrected chi connectivity index (χ1v) is 9.09. The van der Waals surface area contributed by atoms with Crippen LogP contribution < -0.4 is 15.1 Å². The van der Waals surface area contributed by atoms with Crippen molar-refractivity contribution in [2.75, 3.05) is 5.32 Å². The fraction of sp³-hybridized carbons (Fsp3) is 0.167. The second kappa shape index (κ2) is 7.80. The highest BCUT2D eigenvalue weighted by molar-refractivity contribution is 8.00. The number of thioether (sulfide) groups is 1. The molecule has 0 radical (unpaired) electrons. The predicted molar refractivity (Wildman–Crippen MR) is 97.6 cm³/mol. The molecular weight excluding hydrogens is 374 g/mol. The van der Waals surface area contributed by atoms with Gasteiger partial charge in [0.25, 0.3) is 5.03 Å². The molecule has 134 valence electrons. The molecule has 0 fully saturated rings. The maximum atomic E-state index is 12.4. The van der Waals surface area contributed by atoms with Gasteiger partial charge in [-0.2, -0.15) is 0 Å². The molecule has 0 spiro atoms. The summed E-state index contributed by atoms with van der Waals surface area (Å²) in [5, 5.41) is 18.8. The lowest BCUT2D eigenvalue weighted by Crippen LogP contribution is -2.36. The van der Waals surface area contributed by atoms with Gasteiger partial charge in [-0.25, -0.2) is 0 Å². The molecular formula is C18H16ClN3O3S. The second-order valence-corrected chi connectivity index (χ2v) is 7.44. The summed E-state index contributed by atoms with van der Waals surface area (Å²) in [7, 11) is 0. The standard InChI is InChI=1S/C18H16ClN3O3S/c1-11-6-8-15(9-7-11)22-17(18(24)25-21-22)26-12(2)16(23)20-14-5-3-4-13(19)10-14/h3-10,12H,1-2H3,(H-,20,21,23,24). The summed E-state index contributed by atoms with van der Waals surface area (Å²) in [5.74, 6) is -0.841. The molecule has 3 rings (SSSR count). The number of aryl methyl sites for hydroxylation is 1. The third-order valence-corrected chi connectivity index (χ3v) is 4.97. The minimum Gasteiger partial charge on any atom is -0.538 e. The zero-order chi connectivity index (χ0) is 18.7. The Balaban J connectivity index is 1.77. The number of hydrogen-bond donors (Lipinski definition) is 1. The van der Waals surface area contributed by atoms with Crippen LogP contribution in [-0.2, 0) is 4.79 Å². The number of rotatable bonds is 5. The molecule has 26 heavy (non-hydrogen) atoms. The maximum absolute atomic E-state index is 12.4. The van der Waals surface area contributed by atoms with Crippen LogP contribution in [0.2, 0.25) is 5.02 Å². The third-order valence-electron chi connectivity index (χ3n) is 3.60. The molecule has 8 heteroatoms. The van der Waals surface area contributed by atoms with E-state index in [9.17, 15) is 9.90 Å². The average Bonchev–Trinajstić information content (AvgIpc) is 2.96. The smallest absolute Gasteiger partial charge is 0.298 e. The van der Waals surface area contributed by atoms with Gasteiger partial charge in [0.2, 0.25) is 11.6 Å². The van der Waals surface area contributed by atoms with Crippen LogP contribution in [0.4, 0.5) is 5.69 Å². The molecule has 1 aromatic heterocycles. The molecule has 0 saturated carbocycles. The van der Waals surface area contributed by atoms with E-state index in [1.54, 1.807) is 31.2 Å². The zero-order valence-corrected chi connectivity index (χ0v) is 15.7. The molecule has 1 atom stereocenters. The van der Waals surface area contributed by atoms with Crippen LogP contribution in [0.1, 0.15) is 12.5 Å². The van der Waals surface area contributed by atoms with Crippen molar-refractivity contribution >= 4 is 35.0 Å². The van der Waals surface area contributed by atoms with Crippen molar-refractivity contribution in [1.29, 1.82) is 0 Å². The number of aromatic nitrogens is 2. The SMILES string of the molecule is Cc1ccc(-[n+]2noc([O-])c2SC(C)C(=O)Nc2cccc(Cl)c2)cc1. The largest absolute Gasteiger partial charge is 0.538 e. The number of halogens is 1. The minimum absolute atomic E-state index is 0.239. The number of anilines is 1. The molecule has 0 aliphatic carbocycles. The Morgan fingerprint density at radius 3 is 2.73 bits per heavy atom. The van der Waals surface area contributed by atoms with Crippen LogP contribution in [0, 0.1) is 6.92 Å². The van der Waals surface area contributed by atoms with Gasteiger partial charge in [0.05, 0.1) is 10.5 Å². The van der Waals surface area contributed by atoms with E-state index in [1.807, 2.05) is 31.2 Å². The van der Waals surface area contributed by atoms with E-state index in [0.717, 1.165) is 17.3 Å². The van der Waals surface area contributed by atoms with Gasteiger partial charge >= 0.3 is 0 Å². The Morgan fingerprint density at radius 2 is 2.04 bits per heavy atom. The zero-order valence-electron chi connectivity index (χ0n) is 14.1. The van der Waals surface area contributed by atoms with Crippen molar-refractivity contribution in [3.05, 3.63) is 59.1 Å². The van der Waals surface area contributed by atoms with Crippen LogP contribution >= 0.6 is 23.4 Å². The average molecular weight is 390 g/mol. The second-order valence-electron chi connectivity index (χ2n) is 5.67. The van der Waals surface area contributed by atoms with E-state index in [4.69, 9.17) is 16.1 Å². The van der Waals surface area contributed by atoms with Gasteiger partial charge in [-0.3, -0.25) is 4.79 Å². The molecule has 0 saturated heterocycles. The van der Waals surface area contributed by atoms with E-state index in [2.05, 4.69) is 10.6 Å². The van der Waals surface area contributed by atoms with Crippen molar-refractivity contribution < 1.29 is 19.1 Å². The van der Waals surface area contributed by atoms with E-state index in [0.29, 0.717) is 16.4 Å². The molecule has 0 bridgehead atoms. The highest BCUT2D eigenvalue weighted by atomic mass is 35.5. The Bertz CT molecular complexity index is 928. The van der Waals surface area contributed by atoms with E-state index in [1.165, 1.54) is 4.68 Å². The van der Waals surface area contributed by atoms with Gasteiger partial charge < -0.3 is 14.9 Å². The summed E-state index contributed by atoms with van der Waals surface area (Å²) >= 11 is 7.00. The van der Waals surface area contributed by atoms with Gasteiger partial charge in [-0.1, -0.05) is 35.4 Å². The van der Waals surface area contributed by atoms with Crippen LogP contribution in [0.5, 0.6) is 5.95 Å². The fourth-order valence-electron chi connectivity index (χ4n) is 2.22. The molecule has 1 N–H and O–H groups in total. The van der Waals surface area contributed by atoms with Crippen molar-refractivity contribution in [1.82, 2.24) is 5.27 Å². The molecule has 1 heterocycles. The van der Waals surface area contributed by atoms with E-state index >= 15 is 0 Å². The highest BCUT2D eigenvalue weighted by Gasteiger charge is 2.26. The van der Waals surface area contributed by atoms with Gasteiger partial charge in [-0.05, 0) is 48.5 Å². The molecule has 1 amide bonds. The van der Waals surface area contributed by atoms with Crippen LogP contribution in [0.15, 0.2) is 58.1 Å². The number of nitrogens with one attached hydrogen (secondary N) is 1. The van der Waals surface area contributed by atoms with Crippen LogP contribution in [0.3, 0.4) is 0 Å². The summed E-state index contributed by atoms with van der Waals surface area (Å²) < 4.78 is 6.18. The summed E-state index contributed by atoms with van der Waals surface area (Å²) in [4.78, 5) is 12.4. The first-order valence-electron chi connectivity index (χ1n) is 7.83. The van der Waals surface area contributed by atoms with Crippen molar-refractivity contribution in [2.45, 2.75) is 24.1 Å². The Morgan fingerprint density at radius 1 is 1.31 bits per heavy atom. The summed E-state index contributed by atoms with van der Waals surface area (Å²) in [6, 6.07) is 14.3. The monoisotopic (exact) mass is 389 g/mol. The summed E-state index contributed by atoms with van der Waals surface area (Å²) in [6.07, 6.45) is 0. The Kier molecular flexibility index (Phi) is 5.49. The Hall–Kier alpha value is -2.51. The van der Waals surface area contributed by atoms with Gasteiger partial charge in [0.15, 0.2) is 5.95 Å². The first-order chi connectivity index (χ1) is 12.4. The van der Waals surface area contributed by atoms with Crippen molar-refractivity contribution in [2.24, 2.45) is 0 Å². The number of carbonyl (C=O) groups is 1. The van der Waals surface area contributed by atoms with Gasteiger partial charge in [0, 0.05) is 22.8 Å². The lowest BCUT2D eigenvalue weighted by atomic mass is 10.2. The minimum atomic E-state index is -0.585. The number of benzene rings is 2. The number of nitrogens with zero attached hydrogens (tertiary/aromatic N) is 2. The van der Waals surface area contributed by atoms with E-state index < -0.39 is 11.2 Å². The number of amides is 1. The van der Waals surface area contributed by atoms with E-state index in [-0.39, 0.29) is 10.9 Å². The quantitative estimate of drug-likeness (QED) is 0.535. The Labute approximate surface area is 159 Å². The van der Waals surface area contributed by atoms with Gasteiger partial charge in [0.1, 0.15) is 0 Å². The number of hydrogen-bond acceptors (Lipinski definition) is 5. The van der Waals surface area contributed by atoms with Gasteiger partial charge in [-0.15, -0.1) is 0 Å². The highest BCUT2D eigenvalue weighted by Crippen LogP contribution is 2.28. The molecule has 0 aliphatic rings. The van der Waals surface area contributed by atoms with Crippen LogP contribution in [-0.4, -0.2) is 16.4 Å². The number of carbonyl (C=O) groups excluding carboxylic acids is 1. The fourth-order valence-corrected chi connectivity index (χ4v) is 3.28. The molecule has 6 nitrogen and oxygen atoms in total. The lowest BCUT2D eigenvalue weighted by molar-refractivity contribution is -0.705. The maximum Gasteiger partial charge on any atom is 0.298 e. The normalized spacial score (nSPS) is 12.0. The molecule has 2 aromatic carbocycles.